The van der Waals surface area contributed by atoms with Crippen LogP contribution in [-0.4, -0.2) is 26.6 Å². The van der Waals surface area contributed by atoms with Crippen molar-refractivity contribution in [2.75, 3.05) is 7.11 Å². The molecule has 1 aliphatic carbocycles. The Bertz CT molecular complexity index is 843. The summed E-state index contributed by atoms with van der Waals surface area (Å²) in [6.07, 6.45) is 8.80. The molecule has 0 bridgehead atoms. The molecule has 0 aliphatic heterocycles. The van der Waals surface area contributed by atoms with Gasteiger partial charge in [0, 0.05) is 0 Å². The highest BCUT2D eigenvalue weighted by atomic mass is 28.4. The molecule has 1 fully saturated rings. The number of methoxy groups -OCH3 is 1. The standard InChI is InChI=1S/C29H44O3Si/c1-11-21(12-2)27-22(13-3)19-23(28(27)24(30)14-4)17-20-15-16-25(31-8)26(18-20)32-33(9,10)29(5,6)7/h11-16,18,21-24,27-28,30H,1-4,17,19H2,5-10H3/t22-,23-,24?,27+,28-/m1/s1. The number of hydrogen-bond acceptors (Lipinski definition) is 3. The van der Waals surface area contributed by atoms with Crippen LogP contribution in [-0.2, 0) is 6.42 Å². The second kappa shape index (κ2) is 10.9. The summed E-state index contributed by atoms with van der Waals surface area (Å²) in [5.74, 6) is 2.52. The van der Waals surface area contributed by atoms with E-state index in [2.05, 4.69) is 72.3 Å². The first kappa shape index (κ1) is 27.2. The smallest absolute Gasteiger partial charge is 0.250 e. The molecule has 1 saturated carbocycles. The van der Waals surface area contributed by atoms with Crippen LogP contribution in [0.2, 0.25) is 18.1 Å². The minimum atomic E-state index is -2.02. The topological polar surface area (TPSA) is 38.7 Å². The van der Waals surface area contributed by atoms with Crippen LogP contribution in [0.3, 0.4) is 0 Å². The summed E-state index contributed by atoms with van der Waals surface area (Å²) >= 11 is 0. The first-order valence-electron chi connectivity index (χ1n) is 12.0. The molecule has 1 N–H and O–H groups in total. The number of benzene rings is 1. The van der Waals surface area contributed by atoms with Gasteiger partial charge in [-0.25, -0.2) is 0 Å². The third-order valence-corrected chi connectivity index (χ3v) is 12.2. The molecule has 1 aliphatic rings. The van der Waals surface area contributed by atoms with Gasteiger partial charge in [-0.15, -0.1) is 26.3 Å². The van der Waals surface area contributed by atoms with Crippen molar-refractivity contribution in [2.24, 2.45) is 29.6 Å². The van der Waals surface area contributed by atoms with E-state index in [0.29, 0.717) is 0 Å². The zero-order valence-electron chi connectivity index (χ0n) is 21.5. The van der Waals surface area contributed by atoms with Gasteiger partial charge in [-0.05, 0) is 78.3 Å². The van der Waals surface area contributed by atoms with Crippen LogP contribution in [0.4, 0.5) is 0 Å². The molecule has 182 valence electrons. The van der Waals surface area contributed by atoms with E-state index in [1.807, 2.05) is 24.3 Å². The van der Waals surface area contributed by atoms with E-state index >= 15 is 0 Å². The highest BCUT2D eigenvalue weighted by Crippen LogP contribution is 2.50. The maximum atomic E-state index is 10.9. The predicted octanol–water partition coefficient (Wildman–Crippen LogP) is 7.21. The minimum Gasteiger partial charge on any atom is -0.541 e. The van der Waals surface area contributed by atoms with Crippen LogP contribution in [0.5, 0.6) is 11.5 Å². The summed E-state index contributed by atoms with van der Waals surface area (Å²) in [5.41, 5.74) is 1.19. The largest absolute Gasteiger partial charge is 0.541 e. The van der Waals surface area contributed by atoms with Crippen molar-refractivity contribution in [3.05, 3.63) is 74.4 Å². The Labute approximate surface area is 203 Å². The number of aliphatic hydroxyl groups is 1. The lowest BCUT2D eigenvalue weighted by Crippen LogP contribution is -2.44. The molecule has 1 aromatic carbocycles. The molecule has 0 heterocycles. The highest BCUT2D eigenvalue weighted by molar-refractivity contribution is 6.74. The van der Waals surface area contributed by atoms with Crippen LogP contribution in [0.15, 0.2) is 68.8 Å². The van der Waals surface area contributed by atoms with E-state index in [9.17, 15) is 5.11 Å². The average molecular weight is 469 g/mol. The Morgan fingerprint density at radius 3 is 2.18 bits per heavy atom. The van der Waals surface area contributed by atoms with Crippen molar-refractivity contribution in [2.45, 2.75) is 57.8 Å². The molecule has 0 radical (unpaired) electrons. The van der Waals surface area contributed by atoms with Crippen LogP contribution in [0, 0.1) is 29.6 Å². The lowest BCUT2D eigenvalue weighted by atomic mass is 9.74. The highest BCUT2D eigenvalue weighted by Gasteiger charge is 2.46. The molecule has 33 heavy (non-hydrogen) atoms. The first-order valence-corrected chi connectivity index (χ1v) is 14.9. The van der Waals surface area contributed by atoms with Crippen LogP contribution in [0.25, 0.3) is 0 Å². The molecular weight excluding hydrogens is 424 g/mol. The monoisotopic (exact) mass is 468 g/mol. The molecule has 3 nitrogen and oxygen atoms in total. The van der Waals surface area contributed by atoms with Gasteiger partial charge in [-0.2, -0.15) is 0 Å². The molecule has 1 aromatic rings. The molecule has 0 aromatic heterocycles. The summed E-state index contributed by atoms with van der Waals surface area (Å²) in [4.78, 5) is 0. The van der Waals surface area contributed by atoms with Crippen LogP contribution < -0.4 is 9.16 Å². The third kappa shape index (κ3) is 5.91. The molecule has 0 spiro atoms. The summed E-state index contributed by atoms with van der Waals surface area (Å²) in [6.45, 7) is 27.2. The Kier molecular flexibility index (Phi) is 9.00. The molecule has 0 amide bonds. The quantitative estimate of drug-likeness (QED) is 0.275. The van der Waals surface area contributed by atoms with Gasteiger partial charge >= 0.3 is 0 Å². The van der Waals surface area contributed by atoms with Crippen LogP contribution in [0.1, 0.15) is 32.8 Å². The van der Waals surface area contributed by atoms with E-state index < -0.39 is 14.4 Å². The molecular formula is C29H44O3Si. The Hall–Kier alpha value is -2.04. The number of rotatable bonds is 11. The zero-order valence-corrected chi connectivity index (χ0v) is 22.5. The SMILES string of the molecule is C=CC(C=C)[C@@H]1[C@@H](C(O)C=C)[C@H](Cc2ccc(OC)c(O[Si](C)(C)C(C)(C)C)c2)C[C@H]1C=C. The average Bonchev–Trinajstić information content (AvgIpc) is 3.11. The third-order valence-electron chi connectivity index (χ3n) is 7.88. The van der Waals surface area contributed by atoms with Crippen molar-refractivity contribution in [1.29, 1.82) is 0 Å². The van der Waals surface area contributed by atoms with E-state index in [0.717, 1.165) is 24.3 Å². The predicted molar refractivity (Wildman–Crippen MR) is 143 cm³/mol. The Morgan fingerprint density at radius 1 is 1.06 bits per heavy atom. The summed E-state index contributed by atoms with van der Waals surface area (Å²) in [7, 11) is -0.334. The molecule has 2 rings (SSSR count). The number of hydrogen-bond donors (Lipinski definition) is 1. The fraction of sp³-hybridized carbons (Fsp3) is 0.517. The molecule has 1 unspecified atom stereocenters. The second-order valence-electron chi connectivity index (χ2n) is 10.9. The first-order chi connectivity index (χ1) is 15.4. The lowest BCUT2D eigenvalue weighted by Gasteiger charge is -2.37. The van der Waals surface area contributed by atoms with Crippen molar-refractivity contribution in [3.8, 4) is 11.5 Å². The number of allylic oxidation sites excluding steroid dienone is 3. The van der Waals surface area contributed by atoms with Gasteiger partial charge in [0.25, 0.3) is 8.32 Å². The maximum Gasteiger partial charge on any atom is 0.250 e. The van der Waals surface area contributed by atoms with Crippen molar-refractivity contribution < 1.29 is 14.3 Å². The van der Waals surface area contributed by atoms with Crippen molar-refractivity contribution in [3.63, 3.8) is 0 Å². The Balaban J connectivity index is 2.41. The number of ether oxygens (including phenoxy) is 1. The lowest BCUT2D eigenvalue weighted by molar-refractivity contribution is 0.0861. The zero-order chi connectivity index (χ0) is 25.0. The molecule has 0 saturated heterocycles. The summed E-state index contributed by atoms with van der Waals surface area (Å²) in [6, 6.07) is 6.25. The van der Waals surface area contributed by atoms with Crippen molar-refractivity contribution >= 4 is 8.32 Å². The number of aliphatic hydroxyl groups excluding tert-OH is 1. The molecule has 4 heteroatoms. The van der Waals surface area contributed by atoms with E-state index in [4.69, 9.17) is 9.16 Å². The second-order valence-corrected chi connectivity index (χ2v) is 15.6. The normalized spacial score (nSPS) is 24.2. The van der Waals surface area contributed by atoms with Gasteiger partial charge in [0.2, 0.25) is 0 Å². The minimum absolute atomic E-state index is 0.0540. The van der Waals surface area contributed by atoms with Crippen LogP contribution >= 0.6 is 0 Å². The fourth-order valence-electron chi connectivity index (χ4n) is 5.01. The fourth-order valence-corrected chi connectivity index (χ4v) is 6.03. The van der Waals surface area contributed by atoms with Gasteiger partial charge in [-0.1, -0.05) is 51.1 Å². The van der Waals surface area contributed by atoms with Gasteiger partial charge < -0.3 is 14.3 Å². The van der Waals surface area contributed by atoms with E-state index in [1.165, 1.54) is 5.56 Å². The van der Waals surface area contributed by atoms with Gasteiger partial charge in [0.05, 0.1) is 13.2 Å². The molecule has 5 atom stereocenters. The van der Waals surface area contributed by atoms with E-state index in [-0.39, 0.29) is 34.6 Å². The van der Waals surface area contributed by atoms with E-state index in [1.54, 1.807) is 13.2 Å². The summed E-state index contributed by atoms with van der Waals surface area (Å²) in [5, 5.41) is 11.0. The maximum absolute atomic E-state index is 10.9. The van der Waals surface area contributed by atoms with Gasteiger partial charge in [0.1, 0.15) is 5.75 Å². The summed E-state index contributed by atoms with van der Waals surface area (Å²) < 4.78 is 12.3. The van der Waals surface area contributed by atoms with Gasteiger partial charge in [-0.3, -0.25) is 0 Å². The van der Waals surface area contributed by atoms with Crippen molar-refractivity contribution in [1.82, 2.24) is 0 Å². The Morgan fingerprint density at radius 2 is 1.70 bits per heavy atom. The van der Waals surface area contributed by atoms with Gasteiger partial charge in [0.15, 0.2) is 5.75 Å².